The minimum Gasteiger partial charge on any atom is -0.298 e. The summed E-state index contributed by atoms with van der Waals surface area (Å²) in [6.07, 6.45) is 0.861. The summed E-state index contributed by atoms with van der Waals surface area (Å²) in [5, 5.41) is 1.11. The van der Waals surface area contributed by atoms with Gasteiger partial charge in [-0.05, 0) is 51.7 Å². The van der Waals surface area contributed by atoms with E-state index in [1.165, 1.54) is 7.58 Å². The lowest BCUT2D eigenvalue weighted by Crippen LogP contribution is -1.84. The van der Waals surface area contributed by atoms with Crippen LogP contribution in [0.2, 0.25) is 0 Å². The average Bonchev–Trinajstić information content (AvgIpc) is 2.56. The minimum absolute atomic E-state index is 0.453. The quantitative estimate of drug-likeness (QED) is 0.459. The highest BCUT2D eigenvalue weighted by Crippen LogP contribution is 2.31. The van der Waals surface area contributed by atoms with Crippen molar-refractivity contribution in [1.29, 1.82) is 0 Å². The Morgan fingerprint density at radius 3 is 2.86 bits per heavy atom. The zero-order valence-electron chi connectivity index (χ0n) is 7.09. The van der Waals surface area contributed by atoms with Gasteiger partial charge < -0.3 is 0 Å². The Morgan fingerprint density at radius 1 is 1.43 bits per heavy atom. The van der Waals surface area contributed by atoms with E-state index in [1.807, 2.05) is 12.1 Å². The first-order chi connectivity index (χ1) is 6.74. The smallest absolute Gasteiger partial charge is 0.150 e. The fourth-order valence-corrected chi connectivity index (χ4v) is 3.55. The van der Waals surface area contributed by atoms with Crippen LogP contribution in [0.5, 0.6) is 0 Å². The number of hydrogen-bond acceptors (Lipinski definition) is 2. The maximum Gasteiger partial charge on any atom is 0.150 e. The molecule has 0 radical (unpaired) electrons. The van der Waals surface area contributed by atoms with Crippen molar-refractivity contribution in [1.82, 2.24) is 0 Å². The molecular formula is C10H6ClIOS. The van der Waals surface area contributed by atoms with Gasteiger partial charge in [0.05, 0.1) is 2.88 Å². The summed E-state index contributed by atoms with van der Waals surface area (Å²) in [4.78, 5) is 10.7. The number of carbonyl (C=O) groups is 1. The van der Waals surface area contributed by atoms with Gasteiger partial charge in [0.25, 0.3) is 0 Å². The molecule has 0 fully saturated rings. The molecule has 0 aliphatic carbocycles. The van der Waals surface area contributed by atoms with Crippen LogP contribution in [0, 0.1) is 2.88 Å². The summed E-state index contributed by atoms with van der Waals surface area (Å²) < 4.78 is 2.40. The number of alkyl halides is 1. The highest BCUT2D eigenvalue weighted by molar-refractivity contribution is 14.1. The Kier molecular flexibility index (Phi) is 3.09. The van der Waals surface area contributed by atoms with E-state index in [2.05, 4.69) is 28.7 Å². The molecule has 72 valence electrons. The van der Waals surface area contributed by atoms with Crippen LogP contribution in [0.3, 0.4) is 0 Å². The fourth-order valence-electron chi connectivity index (χ4n) is 1.39. The number of rotatable bonds is 2. The zero-order chi connectivity index (χ0) is 10.1. The molecule has 0 unspecified atom stereocenters. The maximum absolute atomic E-state index is 10.7. The van der Waals surface area contributed by atoms with Crippen LogP contribution < -0.4 is 0 Å². The van der Waals surface area contributed by atoms with Gasteiger partial charge in [0.2, 0.25) is 0 Å². The van der Waals surface area contributed by atoms with E-state index in [0.29, 0.717) is 11.4 Å². The predicted octanol–water partition coefficient (Wildman–Crippen LogP) is 4.06. The van der Waals surface area contributed by atoms with E-state index < -0.39 is 0 Å². The predicted molar refractivity (Wildman–Crippen MR) is 69.5 cm³/mol. The van der Waals surface area contributed by atoms with Crippen LogP contribution in [-0.2, 0) is 5.88 Å². The molecule has 0 N–H and O–H groups in total. The third-order valence-electron chi connectivity index (χ3n) is 1.97. The number of halogens is 2. The fraction of sp³-hybridized carbons (Fsp3) is 0.100. The van der Waals surface area contributed by atoms with Gasteiger partial charge in [0, 0.05) is 16.1 Å². The third-order valence-corrected chi connectivity index (χ3v) is 4.24. The molecule has 2 aromatic rings. The molecule has 0 amide bonds. The van der Waals surface area contributed by atoms with E-state index in [0.717, 1.165) is 17.2 Å². The van der Waals surface area contributed by atoms with E-state index in [-0.39, 0.29) is 0 Å². The molecule has 1 nitrogen and oxygen atoms in total. The van der Waals surface area contributed by atoms with E-state index >= 15 is 0 Å². The second-order valence-corrected chi connectivity index (χ2v) is 6.11. The summed E-state index contributed by atoms with van der Waals surface area (Å²) in [6, 6.07) is 5.83. The van der Waals surface area contributed by atoms with Crippen LogP contribution in [0.15, 0.2) is 18.2 Å². The van der Waals surface area contributed by atoms with Crippen LogP contribution in [0.4, 0.5) is 0 Å². The first-order valence-electron chi connectivity index (χ1n) is 3.97. The van der Waals surface area contributed by atoms with Crippen LogP contribution in [0.25, 0.3) is 10.1 Å². The maximum atomic E-state index is 10.7. The highest BCUT2D eigenvalue weighted by Gasteiger charge is 2.06. The van der Waals surface area contributed by atoms with Crippen molar-refractivity contribution in [3.8, 4) is 0 Å². The lowest BCUT2D eigenvalue weighted by atomic mass is 10.1. The second-order valence-electron chi connectivity index (χ2n) is 2.90. The van der Waals surface area contributed by atoms with Gasteiger partial charge >= 0.3 is 0 Å². The summed E-state index contributed by atoms with van der Waals surface area (Å²) in [6.45, 7) is 0. The van der Waals surface area contributed by atoms with Gasteiger partial charge in [-0.3, -0.25) is 4.79 Å². The molecule has 2 rings (SSSR count). The first-order valence-corrected chi connectivity index (χ1v) is 6.40. The number of thiophene rings is 1. The molecule has 1 aromatic carbocycles. The lowest BCUT2D eigenvalue weighted by Gasteiger charge is -1.99. The Labute approximate surface area is 104 Å². The van der Waals surface area contributed by atoms with Crippen LogP contribution in [-0.4, -0.2) is 6.29 Å². The van der Waals surface area contributed by atoms with Crippen molar-refractivity contribution in [3.05, 3.63) is 32.2 Å². The SMILES string of the molecule is O=Cc1cc(CCl)c2sc(I)cc2c1. The van der Waals surface area contributed by atoms with E-state index in [4.69, 9.17) is 11.6 Å². The summed E-state index contributed by atoms with van der Waals surface area (Å²) in [5.41, 5.74) is 1.74. The first kappa shape index (κ1) is 10.4. The molecule has 4 heteroatoms. The monoisotopic (exact) mass is 336 g/mol. The van der Waals surface area contributed by atoms with Gasteiger partial charge in [-0.25, -0.2) is 0 Å². The topological polar surface area (TPSA) is 17.1 Å². The Hall–Kier alpha value is -0.130. The molecule has 0 atom stereocenters. The lowest BCUT2D eigenvalue weighted by molar-refractivity contribution is 0.112. The van der Waals surface area contributed by atoms with E-state index in [9.17, 15) is 4.79 Å². The van der Waals surface area contributed by atoms with Crippen molar-refractivity contribution in [2.45, 2.75) is 5.88 Å². The van der Waals surface area contributed by atoms with Gasteiger partial charge in [-0.2, -0.15) is 0 Å². The van der Waals surface area contributed by atoms with Gasteiger partial charge in [0.15, 0.2) is 0 Å². The largest absolute Gasteiger partial charge is 0.298 e. The molecular weight excluding hydrogens is 331 g/mol. The van der Waals surface area contributed by atoms with Gasteiger partial charge in [-0.1, -0.05) is 0 Å². The molecule has 0 spiro atoms. The molecule has 0 aliphatic rings. The summed E-state index contributed by atoms with van der Waals surface area (Å²) in [5.74, 6) is 0.453. The highest BCUT2D eigenvalue weighted by atomic mass is 127. The summed E-state index contributed by atoms with van der Waals surface area (Å²) >= 11 is 9.82. The standard InChI is InChI=1S/C10H6ClIOS/c11-4-8-2-6(5-13)1-7-3-9(12)14-10(7)8/h1-3,5H,4H2. The number of aldehydes is 1. The van der Waals surface area contributed by atoms with Gasteiger partial charge in [0.1, 0.15) is 6.29 Å². The molecule has 1 heterocycles. The zero-order valence-corrected chi connectivity index (χ0v) is 10.8. The Morgan fingerprint density at radius 2 is 2.21 bits per heavy atom. The van der Waals surface area contributed by atoms with Crippen molar-refractivity contribution in [2.24, 2.45) is 0 Å². The number of carbonyl (C=O) groups excluding carboxylic acids is 1. The molecule has 0 saturated carbocycles. The van der Waals surface area contributed by atoms with Crippen LogP contribution >= 0.6 is 45.5 Å². The van der Waals surface area contributed by atoms with Crippen molar-refractivity contribution < 1.29 is 4.79 Å². The molecule has 1 aromatic heterocycles. The number of benzene rings is 1. The number of fused-ring (bicyclic) bond motifs is 1. The number of hydrogen-bond donors (Lipinski definition) is 0. The summed E-state index contributed by atoms with van der Waals surface area (Å²) in [7, 11) is 0. The van der Waals surface area contributed by atoms with Crippen LogP contribution in [0.1, 0.15) is 15.9 Å². The van der Waals surface area contributed by atoms with E-state index in [1.54, 1.807) is 11.3 Å². The molecule has 0 aliphatic heterocycles. The Balaban J connectivity index is 2.78. The normalized spacial score (nSPS) is 10.7. The Bertz CT molecular complexity index is 492. The molecule has 0 saturated heterocycles. The molecule has 0 bridgehead atoms. The average molecular weight is 337 g/mol. The minimum atomic E-state index is 0.453. The van der Waals surface area contributed by atoms with Gasteiger partial charge in [-0.15, -0.1) is 22.9 Å². The third kappa shape index (κ3) is 1.81. The second kappa shape index (κ2) is 4.16. The van der Waals surface area contributed by atoms with Crippen molar-refractivity contribution >= 4 is 61.9 Å². The van der Waals surface area contributed by atoms with Crippen molar-refractivity contribution in [3.63, 3.8) is 0 Å². The molecule has 14 heavy (non-hydrogen) atoms. The van der Waals surface area contributed by atoms with Crippen molar-refractivity contribution in [2.75, 3.05) is 0 Å².